The summed E-state index contributed by atoms with van der Waals surface area (Å²) in [6.07, 6.45) is 0. The number of amides is 2. The summed E-state index contributed by atoms with van der Waals surface area (Å²) in [6, 6.07) is 17.2. The lowest BCUT2D eigenvalue weighted by Crippen LogP contribution is -2.17. The Morgan fingerprint density at radius 3 is 2.30 bits per heavy atom. The third-order valence-corrected chi connectivity index (χ3v) is 3.69. The fraction of sp³-hybridized carbons (Fsp3) is 0.100. The Hall–Kier alpha value is -3.74. The molecule has 0 aliphatic heterocycles. The van der Waals surface area contributed by atoms with Crippen LogP contribution in [0.3, 0.4) is 0 Å². The summed E-state index contributed by atoms with van der Waals surface area (Å²) in [5.74, 6) is 0.311. The molecule has 2 amide bonds. The third-order valence-electron chi connectivity index (χ3n) is 3.69. The van der Waals surface area contributed by atoms with Gasteiger partial charge in [0.1, 0.15) is 11.6 Å². The lowest BCUT2D eigenvalue weighted by Gasteiger charge is -2.09. The number of benzene rings is 2. The van der Waals surface area contributed by atoms with Gasteiger partial charge in [-0.1, -0.05) is 24.3 Å². The van der Waals surface area contributed by atoms with Crippen LogP contribution in [0.1, 0.15) is 26.4 Å². The minimum absolute atomic E-state index is 0.103. The molecule has 0 fully saturated rings. The molecule has 0 unspecified atom stereocenters. The van der Waals surface area contributed by atoms with Crippen molar-refractivity contribution in [3.63, 3.8) is 0 Å². The molecule has 0 saturated carbocycles. The van der Waals surface area contributed by atoms with Crippen LogP contribution in [-0.4, -0.2) is 28.9 Å². The monoisotopic (exact) mass is 362 g/mol. The van der Waals surface area contributed by atoms with Gasteiger partial charge in [0.25, 0.3) is 11.8 Å². The highest BCUT2D eigenvalue weighted by molar-refractivity contribution is 6.05. The highest BCUT2D eigenvalue weighted by Gasteiger charge is 2.12. The van der Waals surface area contributed by atoms with Crippen LogP contribution < -0.4 is 15.4 Å². The standard InChI is InChI=1S/C20H18N4O3/c1-13-11-17(22-18(25)14-7-4-3-5-8-14)23-20(21-13)24-19(26)15-9-6-10-16(12-15)27-2/h3-12H,1-2H3,(H2,21,22,23,24,25,26). The van der Waals surface area contributed by atoms with Crippen LogP contribution in [0.4, 0.5) is 11.8 Å². The van der Waals surface area contributed by atoms with Gasteiger partial charge in [-0.05, 0) is 37.3 Å². The van der Waals surface area contributed by atoms with Gasteiger partial charge in [0, 0.05) is 22.9 Å². The lowest BCUT2D eigenvalue weighted by atomic mass is 10.2. The Morgan fingerprint density at radius 1 is 0.852 bits per heavy atom. The third kappa shape index (κ3) is 4.66. The van der Waals surface area contributed by atoms with Crippen molar-refractivity contribution in [3.8, 4) is 5.75 Å². The van der Waals surface area contributed by atoms with E-state index < -0.39 is 0 Å². The summed E-state index contributed by atoms with van der Waals surface area (Å²) in [7, 11) is 1.53. The number of nitrogens with one attached hydrogen (secondary N) is 2. The predicted octanol–water partition coefficient (Wildman–Crippen LogP) is 3.30. The molecule has 27 heavy (non-hydrogen) atoms. The lowest BCUT2D eigenvalue weighted by molar-refractivity contribution is 0.101. The zero-order valence-corrected chi connectivity index (χ0v) is 14.9. The second-order valence-corrected chi connectivity index (χ2v) is 5.72. The van der Waals surface area contributed by atoms with E-state index in [4.69, 9.17) is 4.74 Å². The number of hydrogen-bond acceptors (Lipinski definition) is 5. The molecule has 3 rings (SSSR count). The van der Waals surface area contributed by atoms with Gasteiger partial charge in [-0.25, -0.2) is 4.98 Å². The van der Waals surface area contributed by atoms with Crippen LogP contribution in [0.15, 0.2) is 60.7 Å². The molecule has 0 atom stereocenters. The van der Waals surface area contributed by atoms with E-state index >= 15 is 0 Å². The molecule has 0 saturated heterocycles. The Bertz CT molecular complexity index is 974. The van der Waals surface area contributed by atoms with Gasteiger partial charge in [-0.3, -0.25) is 14.9 Å². The maximum absolute atomic E-state index is 12.4. The summed E-state index contributed by atoms with van der Waals surface area (Å²) in [6.45, 7) is 1.75. The molecule has 0 bridgehead atoms. The molecule has 1 aromatic heterocycles. The Labute approximate surface area is 156 Å². The summed E-state index contributed by atoms with van der Waals surface area (Å²) in [5, 5.41) is 5.35. The van der Waals surface area contributed by atoms with Crippen LogP contribution in [0, 0.1) is 6.92 Å². The second-order valence-electron chi connectivity index (χ2n) is 5.72. The zero-order valence-electron chi connectivity index (χ0n) is 14.9. The number of hydrogen-bond donors (Lipinski definition) is 2. The number of anilines is 2. The van der Waals surface area contributed by atoms with E-state index in [1.165, 1.54) is 7.11 Å². The predicted molar refractivity (Wildman–Crippen MR) is 102 cm³/mol. The van der Waals surface area contributed by atoms with Gasteiger partial charge in [0.05, 0.1) is 7.11 Å². The van der Waals surface area contributed by atoms with Crippen LogP contribution >= 0.6 is 0 Å². The first-order chi connectivity index (χ1) is 13.0. The normalized spacial score (nSPS) is 10.1. The van der Waals surface area contributed by atoms with Gasteiger partial charge in [0.2, 0.25) is 5.95 Å². The van der Waals surface area contributed by atoms with E-state index in [1.54, 1.807) is 61.5 Å². The SMILES string of the molecule is COc1cccc(C(=O)Nc2nc(C)cc(NC(=O)c3ccccc3)n2)c1. The molecule has 136 valence electrons. The molecular formula is C20H18N4O3. The van der Waals surface area contributed by atoms with Gasteiger partial charge >= 0.3 is 0 Å². The molecular weight excluding hydrogens is 344 g/mol. The number of methoxy groups -OCH3 is 1. The van der Waals surface area contributed by atoms with Gasteiger partial charge in [-0.2, -0.15) is 4.98 Å². The average molecular weight is 362 g/mol. The maximum atomic E-state index is 12.4. The molecule has 0 aliphatic carbocycles. The topological polar surface area (TPSA) is 93.2 Å². The quantitative estimate of drug-likeness (QED) is 0.726. The number of nitrogens with zero attached hydrogens (tertiary/aromatic N) is 2. The van der Waals surface area contributed by atoms with Crippen molar-refractivity contribution < 1.29 is 14.3 Å². The fourth-order valence-corrected chi connectivity index (χ4v) is 2.40. The van der Waals surface area contributed by atoms with E-state index in [9.17, 15) is 9.59 Å². The molecule has 0 spiro atoms. The first-order valence-electron chi connectivity index (χ1n) is 8.22. The van der Waals surface area contributed by atoms with Crippen molar-refractivity contribution in [3.05, 3.63) is 77.5 Å². The Balaban J connectivity index is 1.77. The first-order valence-corrected chi connectivity index (χ1v) is 8.22. The van der Waals surface area contributed by atoms with Gasteiger partial charge in [0.15, 0.2) is 0 Å². The molecule has 2 N–H and O–H groups in total. The van der Waals surface area contributed by atoms with Crippen LogP contribution in [0.2, 0.25) is 0 Å². The fourth-order valence-electron chi connectivity index (χ4n) is 2.40. The summed E-state index contributed by atoms with van der Waals surface area (Å²) >= 11 is 0. The number of rotatable bonds is 5. The number of carbonyl (C=O) groups excluding carboxylic acids is 2. The van der Waals surface area contributed by atoms with Crippen molar-refractivity contribution >= 4 is 23.6 Å². The van der Waals surface area contributed by atoms with Crippen molar-refractivity contribution in [2.24, 2.45) is 0 Å². The number of ether oxygens (including phenoxy) is 1. The molecule has 0 radical (unpaired) electrons. The van der Waals surface area contributed by atoms with E-state index in [2.05, 4.69) is 20.6 Å². The Morgan fingerprint density at radius 2 is 1.56 bits per heavy atom. The van der Waals surface area contributed by atoms with Gasteiger partial charge < -0.3 is 10.1 Å². The van der Waals surface area contributed by atoms with Crippen molar-refractivity contribution in [2.75, 3.05) is 17.7 Å². The van der Waals surface area contributed by atoms with Crippen LogP contribution in [0.25, 0.3) is 0 Å². The molecule has 1 heterocycles. The number of aryl methyl sites for hydroxylation is 1. The van der Waals surface area contributed by atoms with Crippen LogP contribution in [0.5, 0.6) is 5.75 Å². The van der Waals surface area contributed by atoms with E-state index in [1.807, 2.05) is 6.07 Å². The van der Waals surface area contributed by atoms with Crippen molar-refractivity contribution in [1.29, 1.82) is 0 Å². The highest BCUT2D eigenvalue weighted by atomic mass is 16.5. The number of aromatic nitrogens is 2. The minimum Gasteiger partial charge on any atom is -0.497 e. The van der Waals surface area contributed by atoms with Gasteiger partial charge in [-0.15, -0.1) is 0 Å². The van der Waals surface area contributed by atoms with Crippen molar-refractivity contribution in [2.45, 2.75) is 6.92 Å². The van der Waals surface area contributed by atoms with E-state index in [-0.39, 0.29) is 17.8 Å². The zero-order chi connectivity index (χ0) is 19.2. The van der Waals surface area contributed by atoms with E-state index in [0.717, 1.165) is 0 Å². The molecule has 2 aromatic carbocycles. The smallest absolute Gasteiger partial charge is 0.258 e. The molecule has 7 heteroatoms. The molecule has 7 nitrogen and oxygen atoms in total. The summed E-state index contributed by atoms with van der Waals surface area (Å²) in [5.41, 5.74) is 1.53. The Kier molecular flexibility index (Phi) is 5.41. The summed E-state index contributed by atoms with van der Waals surface area (Å²) in [4.78, 5) is 33.1. The summed E-state index contributed by atoms with van der Waals surface area (Å²) < 4.78 is 5.12. The first kappa shape index (κ1) is 18.1. The van der Waals surface area contributed by atoms with Crippen LogP contribution in [-0.2, 0) is 0 Å². The second kappa shape index (κ2) is 8.09. The maximum Gasteiger partial charge on any atom is 0.258 e. The number of carbonyl (C=O) groups is 2. The highest BCUT2D eigenvalue weighted by Crippen LogP contribution is 2.15. The average Bonchev–Trinajstić information content (AvgIpc) is 2.68. The molecule has 0 aliphatic rings. The van der Waals surface area contributed by atoms with Crippen molar-refractivity contribution in [1.82, 2.24) is 9.97 Å². The molecule has 3 aromatic rings. The largest absolute Gasteiger partial charge is 0.497 e. The minimum atomic E-state index is -0.375. The van der Waals surface area contributed by atoms with E-state index in [0.29, 0.717) is 28.4 Å².